The minimum atomic E-state index is -4.54. The molecule has 0 aliphatic carbocycles. The van der Waals surface area contributed by atoms with Crippen LogP contribution in [-0.4, -0.2) is 23.9 Å². The minimum Gasteiger partial charge on any atom is -0.310 e. The van der Waals surface area contributed by atoms with Crippen molar-refractivity contribution in [3.63, 3.8) is 0 Å². The highest BCUT2D eigenvalue weighted by molar-refractivity contribution is 6.01. The average molecular weight is 232 g/mol. The molecule has 1 unspecified atom stereocenters. The topological polar surface area (TPSA) is 42.0 Å². The van der Waals surface area contributed by atoms with Crippen molar-refractivity contribution in [1.82, 2.24) is 10.3 Å². The number of pyridine rings is 1. The molecular weight excluding hydrogens is 221 g/mol. The molecule has 0 aliphatic rings. The van der Waals surface area contributed by atoms with Gasteiger partial charge in [0.15, 0.2) is 5.78 Å². The van der Waals surface area contributed by atoms with Gasteiger partial charge in [0.2, 0.25) is 0 Å². The van der Waals surface area contributed by atoms with Gasteiger partial charge in [-0.15, -0.1) is 0 Å². The van der Waals surface area contributed by atoms with Crippen molar-refractivity contribution in [3.8, 4) is 0 Å². The number of nitrogens with zero attached hydrogens (tertiary/aromatic N) is 1. The summed E-state index contributed by atoms with van der Waals surface area (Å²) in [5, 5.41) is 2.60. The molecular formula is C10H11F3N2O. The van der Waals surface area contributed by atoms with Gasteiger partial charge in [0.25, 0.3) is 0 Å². The Morgan fingerprint density at radius 2 is 2.12 bits per heavy atom. The normalized spacial score (nSPS) is 13.6. The zero-order valence-electron chi connectivity index (χ0n) is 8.80. The molecule has 1 atom stereocenters. The van der Waals surface area contributed by atoms with Gasteiger partial charge in [-0.3, -0.25) is 9.78 Å². The first kappa shape index (κ1) is 12.6. The van der Waals surface area contributed by atoms with Gasteiger partial charge < -0.3 is 5.32 Å². The summed E-state index contributed by atoms with van der Waals surface area (Å²) in [5.41, 5.74) is -1.36. The van der Waals surface area contributed by atoms with Crippen LogP contribution in [0.3, 0.4) is 0 Å². The number of aromatic nitrogens is 1. The Hall–Kier alpha value is -1.43. The molecule has 0 aliphatic heterocycles. The van der Waals surface area contributed by atoms with Crippen LogP contribution < -0.4 is 5.32 Å². The first-order valence-electron chi connectivity index (χ1n) is 4.60. The number of nitrogens with one attached hydrogen (secondary N) is 1. The Bertz CT molecular complexity index is 390. The number of Topliss-reactive ketones (excluding diaryl/α,β-unsaturated/α-hetero) is 1. The number of carbonyl (C=O) groups excluding carboxylic acids is 1. The molecule has 0 bridgehead atoms. The highest BCUT2D eigenvalue weighted by Gasteiger charge is 2.35. The van der Waals surface area contributed by atoms with Crippen LogP contribution in [0.1, 0.15) is 22.8 Å². The van der Waals surface area contributed by atoms with E-state index in [0.29, 0.717) is 0 Å². The second kappa shape index (κ2) is 4.61. The smallest absolute Gasteiger partial charge is 0.310 e. The molecule has 1 rings (SSSR count). The van der Waals surface area contributed by atoms with Gasteiger partial charge in [-0.05, 0) is 20.0 Å². The van der Waals surface area contributed by atoms with Gasteiger partial charge >= 0.3 is 6.18 Å². The second-order valence-electron chi connectivity index (χ2n) is 3.29. The molecule has 0 amide bonds. The molecule has 0 aromatic carbocycles. The minimum absolute atomic E-state index is 0.406. The van der Waals surface area contributed by atoms with E-state index in [4.69, 9.17) is 0 Å². The molecule has 1 aromatic heterocycles. The standard InChI is InChI=1S/C10H11F3N2O/c1-6(14-2)9(16)7-5-15-4-3-8(7)10(11,12)13/h3-6,14H,1-2H3. The summed E-state index contributed by atoms with van der Waals surface area (Å²) in [6.07, 6.45) is -2.58. The van der Waals surface area contributed by atoms with Crippen molar-refractivity contribution in [2.45, 2.75) is 19.1 Å². The van der Waals surface area contributed by atoms with Crippen molar-refractivity contribution in [3.05, 3.63) is 29.6 Å². The lowest BCUT2D eigenvalue weighted by Crippen LogP contribution is -2.32. The van der Waals surface area contributed by atoms with Crippen molar-refractivity contribution >= 4 is 5.78 Å². The molecule has 0 saturated carbocycles. The number of hydrogen-bond acceptors (Lipinski definition) is 3. The molecule has 0 radical (unpaired) electrons. The van der Waals surface area contributed by atoms with Crippen LogP contribution in [0.5, 0.6) is 0 Å². The van der Waals surface area contributed by atoms with E-state index < -0.39 is 29.1 Å². The summed E-state index contributed by atoms with van der Waals surface area (Å²) in [6, 6.07) is 0.126. The zero-order valence-corrected chi connectivity index (χ0v) is 8.80. The summed E-state index contributed by atoms with van der Waals surface area (Å²) in [6.45, 7) is 1.50. The van der Waals surface area contributed by atoms with Crippen LogP contribution in [0.4, 0.5) is 13.2 Å². The summed E-state index contributed by atoms with van der Waals surface area (Å²) >= 11 is 0. The Balaban J connectivity index is 3.19. The fourth-order valence-electron chi connectivity index (χ4n) is 1.20. The maximum atomic E-state index is 12.6. The van der Waals surface area contributed by atoms with Crippen molar-refractivity contribution in [2.75, 3.05) is 7.05 Å². The van der Waals surface area contributed by atoms with Crippen LogP contribution >= 0.6 is 0 Å². The van der Waals surface area contributed by atoms with E-state index in [9.17, 15) is 18.0 Å². The van der Waals surface area contributed by atoms with Gasteiger partial charge in [-0.25, -0.2) is 0 Å². The molecule has 1 heterocycles. The monoisotopic (exact) mass is 232 g/mol. The summed E-state index contributed by atoms with van der Waals surface area (Å²) < 4.78 is 37.7. The third kappa shape index (κ3) is 2.57. The van der Waals surface area contributed by atoms with E-state index in [2.05, 4.69) is 10.3 Å². The predicted molar refractivity (Wildman–Crippen MR) is 52.1 cm³/mol. The van der Waals surface area contributed by atoms with Crippen LogP contribution in [0.25, 0.3) is 0 Å². The summed E-state index contributed by atoms with van der Waals surface area (Å²) in [7, 11) is 1.51. The summed E-state index contributed by atoms with van der Waals surface area (Å²) in [5.74, 6) is -0.622. The largest absolute Gasteiger partial charge is 0.417 e. The first-order valence-corrected chi connectivity index (χ1v) is 4.60. The molecule has 0 spiro atoms. The van der Waals surface area contributed by atoms with Gasteiger partial charge in [0.1, 0.15) is 0 Å². The fourth-order valence-corrected chi connectivity index (χ4v) is 1.20. The maximum Gasteiger partial charge on any atom is 0.417 e. The van der Waals surface area contributed by atoms with Crippen molar-refractivity contribution in [2.24, 2.45) is 0 Å². The van der Waals surface area contributed by atoms with E-state index in [-0.39, 0.29) is 0 Å². The van der Waals surface area contributed by atoms with Gasteiger partial charge in [0.05, 0.1) is 11.6 Å². The number of halogens is 3. The number of carbonyl (C=O) groups is 1. The Morgan fingerprint density at radius 3 is 2.62 bits per heavy atom. The lowest BCUT2D eigenvalue weighted by Gasteiger charge is -2.14. The van der Waals surface area contributed by atoms with Crippen LogP contribution in [0, 0.1) is 0 Å². The SMILES string of the molecule is CNC(C)C(=O)c1cnccc1C(F)(F)F. The number of ketones is 1. The predicted octanol–water partition coefficient (Wildman–Crippen LogP) is 1.89. The number of likely N-dealkylation sites (N-methyl/N-ethyl adjacent to an activating group) is 1. The summed E-state index contributed by atoms with van der Waals surface area (Å²) in [4.78, 5) is 15.2. The lowest BCUT2D eigenvalue weighted by molar-refractivity contribution is -0.138. The van der Waals surface area contributed by atoms with E-state index in [0.717, 1.165) is 18.5 Å². The van der Waals surface area contributed by atoms with E-state index in [1.807, 2.05) is 0 Å². The van der Waals surface area contributed by atoms with Gasteiger partial charge in [-0.2, -0.15) is 13.2 Å². The van der Waals surface area contributed by atoms with E-state index >= 15 is 0 Å². The average Bonchev–Trinajstić information content (AvgIpc) is 2.26. The molecule has 6 heteroatoms. The van der Waals surface area contributed by atoms with E-state index in [1.165, 1.54) is 14.0 Å². The quantitative estimate of drug-likeness (QED) is 0.809. The Kier molecular flexibility index (Phi) is 3.64. The highest BCUT2D eigenvalue weighted by atomic mass is 19.4. The Labute approximate surface area is 90.7 Å². The molecule has 1 N–H and O–H groups in total. The highest BCUT2D eigenvalue weighted by Crippen LogP contribution is 2.31. The molecule has 3 nitrogen and oxygen atoms in total. The third-order valence-electron chi connectivity index (χ3n) is 2.22. The number of alkyl halides is 3. The molecule has 1 aromatic rings. The van der Waals surface area contributed by atoms with Crippen molar-refractivity contribution in [1.29, 1.82) is 0 Å². The lowest BCUT2D eigenvalue weighted by atomic mass is 10.0. The zero-order chi connectivity index (χ0) is 12.3. The number of rotatable bonds is 3. The Morgan fingerprint density at radius 1 is 1.50 bits per heavy atom. The molecule has 16 heavy (non-hydrogen) atoms. The van der Waals surface area contributed by atoms with Gasteiger partial charge in [-0.1, -0.05) is 0 Å². The maximum absolute atomic E-state index is 12.6. The van der Waals surface area contributed by atoms with Crippen molar-refractivity contribution < 1.29 is 18.0 Å². The first-order chi connectivity index (χ1) is 7.38. The molecule has 0 fully saturated rings. The van der Waals surface area contributed by atoms with Gasteiger partial charge in [0, 0.05) is 18.0 Å². The third-order valence-corrected chi connectivity index (χ3v) is 2.22. The second-order valence-corrected chi connectivity index (χ2v) is 3.29. The fraction of sp³-hybridized carbons (Fsp3) is 0.400. The van der Waals surface area contributed by atoms with E-state index in [1.54, 1.807) is 0 Å². The number of hydrogen-bond donors (Lipinski definition) is 1. The molecule has 0 saturated heterocycles. The molecule has 88 valence electrons. The van der Waals surface area contributed by atoms with Crippen LogP contribution in [0.15, 0.2) is 18.5 Å². The van der Waals surface area contributed by atoms with Crippen LogP contribution in [0.2, 0.25) is 0 Å². The van der Waals surface area contributed by atoms with Crippen LogP contribution in [-0.2, 0) is 6.18 Å².